The average Bonchev–Trinajstić information content (AvgIpc) is 3.06. The van der Waals surface area contributed by atoms with Crippen molar-refractivity contribution in [2.45, 2.75) is 13.8 Å². The molecule has 2 aromatic rings. The number of aryl methyl sites for hydroxylation is 1. The van der Waals surface area contributed by atoms with Gasteiger partial charge in [0.15, 0.2) is 0 Å². The van der Waals surface area contributed by atoms with Gasteiger partial charge in [0.25, 0.3) is 5.91 Å². The number of carbonyl (C=O) groups excluding carboxylic acids is 2. The second kappa shape index (κ2) is 6.22. The third-order valence-corrected chi connectivity index (χ3v) is 4.95. The maximum atomic E-state index is 12.7. The van der Waals surface area contributed by atoms with E-state index in [1.807, 2.05) is 18.4 Å². The van der Waals surface area contributed by atoms with Gasteiger partial charge in [0.05, 0.1) is 22.9 Å². The van der Waals surface area contributed by atoms with E-state index in [1.54, 1.807) is 30.4 Å². The van der Waals surface area contributed by atoms with Gasteiger partial charge in [0, 0.05) is 15.5 Å². The maximum absolute atomic E-state index is 12.7. The van der Waals surface area contributed by atoms with Crippen molar-refractivity contribution in [3.8, 4) is 0 Å². The molecule has 2 heterocycles. The summed E-state index contributed by atoms with van der Waals surface area (Å²) < 4.78 is 0. The summed E-state index contributed by atoms with van der Waals surface area (Å²) >= 11 is 7.37. The Bertz CT molecular complexity index is 914. The molecule has 0 unspecified atom stereocenters. The number of thiophene rings is 1. The number of hydrogen-bond acceptors (Lipinski definition) is 5. The van der Waals surface area contributed by atoms with Crippen LogP contribution >= 0.6 is 22.9 Å². The van der Waals surface area contributed by atoms with Crippen LogP contribution in [0.15, 0.2) is 40.3 Å². The molecule has 0 saturated heterocycles. The summed E-state index contributed by atoms with van der Waals surface area (Å²) in [6.07, 6.45) is 1.80. The van der Waals surface area contributed by atoms with E-state index in [-0.39, 0.29) is 16.5 Å². The van der Waals surface area contributed by atoms with Crippen LogP contribution in [0, 0.1) is 6.92 Å². The molecule has 122 valence electrons. The van der Waals surface area contributed by atoms with E-state index in [1.165, 1.54) is 17.1 Å². The first-order valence-corrected chi connectivity index (χ1v) is 8.31. The summed E-state index contributed by atoms with van der Waals surface area (Å²) in [5.41, 5.74) is 2.27. The highest BCUT2D eigenvalue weighted by Gasteiger charge is 2.29. The molecule has 1 aromatic heterocycles. The zero-order chi connectivity index (χ0) is 17.4. The highest BCUT2D eigenvalue weighted by Crippen LogP contribution is 2.29. The maximum Gasteiger partial charge on any atom is 0.280 e. The Balaban J connectivity index is 1.99. The van der Waals surface area contributed by atoms with E-state index < -0.39 is 5.97 Å². The predicted octanol–water partition coefficient (Wildman–Crippen LogP) is 2.88. The molecule has 1 aromatic carbocycles. The second-order valence-electron chi connectivity index (χ2n) is 5.28. The van der Waals surface area contributed by atoms with Crippen LogP contribution in [0.25, 0.3) is 6.08 Å². The van der Waals surface area contributed by atoms with Gasteiger partial charge in [0.2, 0.25) is 0 Å². The Morgan fingerprint density at radius 3 is 2.71 bits per heavy atom. The Morgan fingerprint density at radius 2 is 2.08 bits per heavy atom. The molecular formula is C17H12ClN2O3S-. The molecule has 0 saturated carbocycles. The molecule has 24 heavy (non-hydrogen) atoms. The van der Waals surface area contributed by atoms with E-state index in [2.05, 4.69) is 5.10 Å². The first kappa shape index (κ1) is 16.4. The number of carboxylic acid groups (broad SMARTS) is 1. The molecule has 1 aliphatic rings. The van der Waals surface area contributed by atoms with Gasteiger partial charge >= 0.3 is 0 Å². The van der Waals surface area contributed by atoms with Crippen molar-refractivity contribution in [1.82, 2.24) is 0 Å². The predicted molar refractivity (Wildman–Crippen MR) is 93.4 cm³/mol. The number of hydrogen-bond donors (Lipinski definition) is 0. The van der Waals surface area contributed by atoms with Gasteiger partial charge in [0.1, 0.15) is 0 Å². The molecule has 0 atom stereocenters. The van der Waals surface area contributed by atoms with Gasteiger partial charge in [-0.2, -0.15) is 10.1 Å². The van der Waals surface area contributed by atoms with E-state index >= 15 is 0 Å². The number of hydrazone groups is 1. The highest BCUT2D eigenvalue weighted by molar-refractivity contribution is 7.11. The molecular weight excluding hydrogens is 348 g/mol. The quantitative estimate of drug-likeness (QED) is 0.791. The lowest BCUT2D eigenvalue weighted by atomic mass is 10.1. The lowest BCUT2D eigenvalue weighted by Gasteiger charge is -2.14. The highest BCUT2D eigenvalue weighted by atomic mass is 35.5. The van der Waals surface area contributed by atoms with E-state index in [9.17, 15) is 14.7 Å². The molecule has 0 N–H and O–H groups in total. The first-order valence-electron chi connectivity index (χ1n) is 7.05. The minimum Gasteiger partial charge on any atom is -0.545 e. The third kappa shape index (κ3) is 2.86. The standard InChI is InChI=1S/C17H13ClN2O3S/c1-9-5-6-24-15(9)8-12-10(2)19-20(16(12)21)11-3-4-14(18)13(7-11)17(22)23/h3-8H,1-2H3,(H,22,23)/p-1/b12-8+. The minimum atomic E-state index is -1.40. The first-order chi connectivity index (χ1) is 11.4. The number of carboxylic acids is 1. The van der Waals surface area contributed by atoms with Crippen molar-refractivity contribution in [2.24, 2.45) is 5.10 Å². The van der Waals surface area contributed by atoms with Crippen molar-refractivity contribution >= 4 is 52.3 Å². The lowest BCUT2D eigenvalue weighted by molar-refractivity contribution is -0.255. The Kier molecular flexibility index (Phi) is 4.26. The number of anilines is 1. The fourth-order valence-corrected chi connectivity index (χ4v) is 3.38. The molecule has 1 amide bonds. The molecule has 3 rings (SSSR count). The third-order valence-electron chi connectivity index (χ3n) is 3.65. The molecule has 0 fully saturated rings. The van der Waals surface area contributed by atoms with E-state index in [0.29, 0.717) is 17.0 Å². The zero-order valence-corrected chi connectivity index (χ0v) is 14.4. The molecule has 0 radical (unpaired) electrons. The van der Waals surface area contributed by atoms with Gasteiger partial charge in [-0.3, -0.25) is 4.79 Å². The van der Waals surface area contributed by atoms with Crippen molar-refractivity contribution in [3.05, 3.63) is 56.2 Å². The summed E-state index contributed by atoms with van der Waals surface area (Å²) in [6, 6.07) is 6.21. The fraction of sp³-hybridized carbons (Fsp3) is 0.118. The zero-order valence-electron chi connectivity index (χ0n) is 12.9. The normalized spacial score (nSPS) is 16.0. The Hall–Kier alpha value is -2.44. The van der Waals surface area contributed by atoms with Gasteiger partial charge in [-0.05, 0) is 55.1 Å². The van der Waals surface area contributed by atoms with Crippen LogP contribution in [-0.2, 0) is 4.79 Å². The number of carbonyl (C=O) groups is 2. The van der Waals surface area contributed by atoms with Crippen LogP contribution in [0.5, 0.6) is 0 Å². The number of nitrogens with zero attached hydrogens (tertiary/aromatic N) is 2. The number of benzene rings is 1. The molecule has 5 nitrogen and oxygen atoms in total. The summed E-state index contributed by atoms with van der Waals surface area (Å²) in [5.74, 6) is -1.72. The van der Waals surface area contributed by atoms with E-state index in [0.717, 1.165) is 10.4 Å². The minimum absolute atomic E-state index is 0.0519. The Labute approximate surface area is 147 Å². The summed E-state index contributed by atoms with van der Waals surface area (Å²) in [6.45, 7) is 3.71. The largest absolute Gasteiger partial charge is 0.545 e. The lowest BCUT2D eigenvalue weighted by Crippen LogP contribution is -2.25. The summed E-state index contributed by atoms with van der Waals surface area (Å²) in [5, 5.41) is 18.5. The van der Waals surface area contributed by atoms with Crippen LogP contribution in [-0.4, -0.2) is 17.6 Å². The van der Waals surface area contributed by atoms with Crippen LogP contribution < -0.4 is 10.1 Å². The smallest absolute Gasteiger partial charge is 0.280 e. The molecule has 1 aliphatic heterocycles. The van der Waals surface area contributed by atoms with E-state index in [4.69, 9.17) is 11.6 Å². The van der Waals surface area contributed by atoms with Crippen molar-refractivity contribution in [3.63, 3.8) is 0 Å². The molecule has 0 bridgehead atoms. The van der Waals surface area contributed by atoms with Crippen LogP contribution in [0.3, 0.4) is 0 Å². The Morgan fingerprint density at radius 1 is 1.33 bits per heavy atom. The van der Waals surface area contributed by atoms with Crippen molar-refractivity contribution in [1.29, 1.82) is 0 Å². The monoisotopic (exact) mass is 359 g/mol. The van der Waals surface area contributed by atoms with Crippen molar-refractivity contribution in [2.75, 3.05) is 5.01 Å². The van der Waals surface area contributed by atoms with Gasteiger partial charge in [-0.1, -0.05) is 11.6 Å². The van der Waals surface area contributed by atoms with Crippen LogP contribution in [0.4, 0.5) is 5.69 Å². The fourth-order valence-electron chi connectivity index (χ4n) is 2.32. The van der Waals surface area contributed by atoms with Crippen LogP contribution in [0.2, 0.25) is 5.02 Å². The van der Waals surface area contributed by atoms with Gasteiger partial charge < -0.3 is 9.90 Å². The molecule has 0 spiro atoms. The van der Waals surface area contributed by atoms with Gasteiger partial charge in [-0.25, -0.2) is 0 Å². The molecule has 7 heteroatoms. The number of rotatable bonds is 3. The average molecular weight is 360 g/mol. The van der Waals surface area contributed by atoms with Crippen molar-refractivity contribution < 1.29 is 14.7 Å². The SMILES string of the molecule is CC1=NN(c2ccc(Cl)c(C(=O)[O-])c2)C(=O)/C1=C/c1sccc1C. The molecule has 0 aliphatic carbocycles. The summed E-state index contributed by atoms with van der Waals surface area (Å²) in [7, 11) is 0. The number of halogens is 1. The summed E-state index contributed by atoms with van der Waals surface area (Å²) in [4.78, 5) is 24.8. The van der Waals surface area contributed by atoms with Gasteiger partial charge in [-0.15, -0.1) is 11.3 Å². The topological polar surface area (TPSA) is 72.8 Å². The number of aromatic carboxylic acids is 1. The second-order valence-corrected chi connectivity index (χ2v) is 6.63. The number of amides is 1. The van der Waals surface area contributed by atoms with Crippen LogP contribution in [0.1, 0.15) is 27.7 Å².